The molecule has 0 N–H and O–H groups in total. The molecule has 4 heterocycles. The second-order valence-corrected chi connectivity index (χ2v) is 6.36. The van der Waals surface area contributed by atoms with Gasteiger partial charge in [0.15, 0.2) is 0 Å². The number of nitrogens with zero attached hydrogens (tertiary/aromatic N) is 6. The third-order valence-corrected chi connectivity index (χ3v) is 4.00. The van der Waals surface area contributed by atoms with E-state index >= 15 is 0 Å². The van der Waals surface area contributed by atoms with Crippen LogP contribution in [0, 0.1) is 0 Å². The molecular weight excluding hydrogens is 427 g/mol. The van der Waals surface area contributed by atoms with Gasteiger partial charge >= 0.3 is 17.1 Å². The molecule has 157 valence electrons. The van der Waals surface area contributed by atoms with E-state index in [1.807, 2.05) is 72.8 Å². The number of aromatic nitrogens is 4. The number of rotatable bonds is 8. The van der Waals surface area contributed by atoms with Gasteiger partial charge in [0.2, 0.25) is 0 Å². The quantitative estimate of drug-likeness (QED) is 0.349. The molecule has 4 aromatic heterocycles. The molecule has 7 heteroatoms. The van der Waals surface area contributed by atoms with Crippen LogP contribution in [0.25, 0.3) is 10.6 Å². The molecule has 0 aromatic carbocycles. The van der Waals surface area contributed by atoms with Crippen molar-refractivity contribution in [2.24, 2.45) is 0 Å². The molecule has 0 saturated heterocycles. The summed E-state index contributed by atoms with van der Waals surface area (Å²) in [6.07, 6.45) is 7.13. The van der Waals surface area contributed by atoms with E-state index in [0.29, 0.717) is 26.2 Å². The molecule has 0 aliphatic carbocycles. The van der Waals surface area contributed by atoms with Crippen LogP contribution in [-0.2, 0) is 43.2 Å². The number of pyridine rings is 4. The summed E-state index contributed by atoms with van der Waals surface area (Å²) in [5, 5.41) is 8.77. The fourth-order valence-electron chi connectivity index (χ4n) is 2.54. The summed E-state index contributed by atoms with van der Waals surface area (Å²) < 4.78 is 0. The number of hydrogen-bond donors (Lipinski definition) is 0. The summed E-state index contributed by atoms with van der Waals surface area (Å²) in [4.78, 5) is 16.8. The fraction of sp³-hybridized carbons (Fsp3) is 0.167. The molecule has 0 unspecified atom stereocenters. The van der Waals surface area contributed by atoms with Crippen LogP contribution in [0.4, 0.5) is 0 Å². The molecule has 6 nitrogen and oxygen atoms in total. The summed E-state index contributed by atoms with van der Waals surface area (Å²) in [5.41, 5.74) is 3.98. The van der Waals surface area contributed by atoms with Gasteiger partial charge in [-0.2, -0.15) is 0 Å². The van der Waals surface area contributed by atoms with E-state index in [4.69, 9.17) is 0 Å². The van der Waals surface area contributed by atoms with Gasteiger partial charge in [-0.15, -0.1) is 26.2 Å². The average Bonchev–Trinajstić information content (AvgIpc) is 2.82. The molecular formula is C24H24MnN6. The molecule has 0 amide bonds. The SMILES string of the molecule is [Mn+2].c1ccc(C[N-]Cc2ccccn2)nc1.c1ccc(C[N-]Cc2ccccn2)nc1. The molecule has 4 rings (SSSR count). The maximum absolute atomic E-state index is 4.39. The first-order valence-corrected chi connectivity index (χ1v) is 9.76. The molecule has 0 saturated carbocycles. The van der Waals surface area contributed by atoms with Crippen LogP contribution in [-0.4, -0.2) is 19.9 Å². The van der Waals surface area contributed by atoms with E-state index in [9.17, 15) is 0 Å². The fourth-order valence-corrected chi connectivity index (χ4v) is 2.54. The molecule has 0 bridgehead atoms. The van der Waals surface area contributed by atoms with Gasteiger partial charge in [-0.1, -0.05) is 24.3 Å². The maximum atomic E-state index is 4.39. The van der Waals surface area contributed by atoms with Crippen molar-refractivity contribution in [2.75, 3.05) is 0 Å². The molecule has 0 aliphatic heterocycles. The van der Waals surface area contributed by atoms with Gasteiger partial charge in [0, 0.05) is 47.6 Å². The van der Waals surface area contributed by atoms with E-state index in [1.165, 1.54) is 0 Å². The standard InChI is InChI=1S/2C12H12N3.Mn/c2*1-3-7-14-11(5-1)9-13-10-12-6-2-4-8-15-12;/h2*1-8H,9-10H2;/q2*-1;+2. The maximum Gasteiger partial charge on any atom is 2.00 e. The van der Waals surface area contributed by atoms with E-state index in [0.717, 1.165) is 22.8 Å². The van der Waals surface area contributed by atoms with Crippen LogP contribution < -0.4 is 0 Å². The van der Waals surface area contributed by atoms with Gasteiger partial charge in [0.05, 0.1) is 0 Å². The second-order valence-electron chi connectivity index (χ2n) is 6.36. The monoisotopic (exact) mass is 451 g/mol. The summed E-state index contributed by atoms with van der Waals surface area (Å²) in [7, 11) is 0. The largest absolute Gasteiger partial charge is 2.00 e. The van der Waals surface area contributed by atoms with E-state index in [1.54, 1.807) is 24.8 Å². The zero-order valence-corrected chi connectivity index (χ0v) is 18.3. The van der Waals surface area contributed by atoms with Crippen molar-refractivity contribution in [1.82, 2.24) is 19.9 Å². The Morgan fingerprint density at radius 2 is 0.677 bits per heavy atom. The summed E-state index contributed by atoms with van der Waals surface area (Å²) in [5.74, 6) is 0. The van der Waals surface area contributed by atoms with Crippen molar-refractivity contribution in [3.63, 3.8) is 0 Å². The van der Waals surface area contributed by atoms with Gasteiger partial charge in [-0.25, -0.2) is 0 Å². The third kappa shape index (κ3) is 10.1. The summed E-state index contributed by atoms with van der Waals surface area (Å²) in [6, 6.07) is 23.4. The van der Waals surface area contributed by atoms with E-state index in [2.05, 4.69) is 30.6 Å². The predicted octanol–water partition coefficient (Wildman–Crippen LogP) is 5.10. The van der Waals surface area contributed by atoms with Crippen molar-refractivity contribution in [3.05, 3.63) is 131 Å². The van der Waals surface area contributed by atoms with E-state index < -0.39 is 0 Å². The van der Waals surface area contributed by atoms with Crippen LogP contribution in [0.15, 0.2) is 97.6 Å². The van der Waals surface area contributed by atoms with Crippen LogP contribution in [0.2, 0.25) is 0 Å². The van der Waals surface area contributed by atoms with Gasteiger partial charge < -0.3 is 10.6 Å². The zero-order chi connectivity index (χ0) is 20.7. The summed E-state index contributed by atoms with van der Waals surface area (Å²) >= 11 is 0. The van der Waals surface area contributed by atoms with Gasteiger partial charge in [-0.05, 0) is 48.5 Å². The second kappa shape index (κ2) is 14.9. The van der Waals surface area contributed by atoms with Gasteiger partial charge in [0.1, 0.15) is 0 Å². The summed E-state index contributed by atoms with van der Waals surface area (Å²) in [6.45, 7) is 2.60. The Labute approximate surface area is 194 Å². The van der Waals surface area contributed by atoms with Gasteiger partial charge in [0.25, 0.3) is 0 Å². The van der Waals surface area contributed by atoms with Crippen LogP contribution >= 0.6 is 0 Å². The third-order valence-electron chi connectivity index (χ3n) is 4.00. The molecule has 0 aliphatic rings. The first-order valence-electron chi connectivity index (χ1n) is 9.76. The first kappa shape index (κ1) is 24.3. The molecule has 31 heavy (non-hydrogen) atoms. The smallest absolute Gasteiger partial charge is 0.652 e. The first-order chi connectivity index (χ1) is 14.9. The Morgan fingerprint density at radius 1 is 0.419 bits per heavy atom. The van der Waals surface area contributed by atoms with E-state index in [-0.39, 0.29) is 17.1 Å². The minimum atomic E-state index is 0. The molecule has 1 radical (unpaired) electrons. The molecule has 0 fully saturated rings. The predicted molar refractivity (Wildman–Crippen MR) is 118 cm³/mol. The van der Waals surface area contributed by atoms with Crippen molar-refractivity contribution in [1.29, 1.82) is 0 Å². The normalized spacial score (nSPS) is 9.81. The van der Waals surface area contributed by atoms with Crippen LogP contribution in [0.1, 0.15) is 22.8 Å². The molecule has 4 aromatic rings. The van der Waals surface area contributed by atoms with Gasteiger partial charge in [-0.3, -0.25) is 19.9 Å². The Kier molecular flexibility index (Phi) is 11.7. The van der Waals surface area contributed by atoms with Crippen molar-refractivity contribution in [2.45, 2.75) is 26.2 Å². The Balaban J connectivity index is 0.000000213. The zero-order valence-electron chi connectivity index (χ0n) is 17.1. The Morgan fingerprint density at radius 3 is 0.871 bits per heavy atom. The van der Waals surface area contributed by atoms with Crippen molar-refractivity contribution < 1.29 is 17.1 Å². The number of hydrogen-bond acceptors (Lipinski definition) is 4. The average molecular weight is 451 g/mol. The van der Waals surface area contributed by atoms with Crippen LogP contribution in [0.5, 0.6) is 0 Å². The Hall–Kier alpha value is -2.96. The minimum Gasteiger partial charge on any atom is -0.652 e. The van der Waals surface area contributed by atoms with Crippen LogP contribution in [0.3, 0.4) is 0 Å². The minimum absolute atomic E-state index is 0. The Bertz CT molecular complexity index is 781. The van der Waals surface area contributed by atoms with Crippen molar-refractivity contribution >= 4 is 0 Å². The topological polar surface area (TPSA) is 79.8 Å². The molecule has 0 spiro atoms. The molecule has 0 atom stereocenters. The van der Waals surface area contributed by atoms with Crippen molar-refractivity contribution in [3.8, 4) is 0 Å².